The molecular weight excluding hydrogens is 243 g/mol. The fraction of sp³-hybridized carbons (Fsp3) is 0.429. The van der Waals surface area contributed by atoms with Gasteiger partial charge in [0.1, 0.15) is 6.61 Å². The predicted octanol–water partition coefficient (Wildman–Crippen LogP) is 0.997. The number of thiophene rings is 1. The molecule has 1 aromatic rings. The lowest BCUT2D eigenvalue weighted by atomic mass is 10.3. The van der Waals surface area contributed by atoms with Crippen LogP contribution in [0, 0.1) is 0 Å². The Bertz CT molecular complexity index is 385. The van der Waals surface area contributed by atoms with Crippen LogP contribution in [0.4, 0.5) is 0 Å². The lowest BCUT2D eigenvalue weighted by Gasteiger charge is -2.24. The van der Waals surface area contributed by atoms with E-state index >= 15 is 0 Å². The van der Waals surface area contributed by atoms with Crippen molar-refractivity contribution in [1.82, 2.24) is 0 Å². The monoisotopic (exact) mass is 252 g/mol. The van der Waals surface area contributed by atoms with Crippen molar-refractivity contribution in [2.24, 2.45) is 0 Å². The highest BCUT2D eigenvalue weighted by molar-refractivity contribution is 7.46. The summed E-state index contributed by atoms with van der Waals surface area (Å²) in [6, 6.07) is 0. The lowest BCUT2D eigenvalue weighted by molar-refractivity contribution is 0.0436. The molecule has 0 bridgehead atoms. The summed E-state index contributed by atoms with van der Waals surface area (Å²) in [6.45, 7) is 0.0310. The first-order valence-electron chi connectivity index (χ1n) is 4.10. The topological polar surface area (TPSA) is 85.2 Å². The van der Waals surface area contributed by atoms with E-state index in [9.17, 15) is 4.57 Å². The number of phosphoric acid groups is 1. The van der Waals surface area contributed by atoms with Gasteiger partial charge in [-0.1, -0.05) is 0 Å². The Labute approximate surface area is 89.6 Å². The predicted molar refractivity (Wildman–Crippen MR) is 52.2 cm³/mol. The van der Waals surface area contributed by atoms with E-state index in [-0.39, 0.29) is 13.2 Å². The van der Waals surface area contributed by atoms with Gasteiger partial charge in [0.05, 0.1) is 6.61 Å². The van der Waals surface area contributed by atoms with Gasteiger partial charge in [-0.05, 0) is 0 Å². The highest BCUT2D eigenvalue weighted by Crippen LogP contribution is 2.38. The van der Waals surface area contributed by atoms with Crippen LogP contribution in [-0.4, -0.2) is 29.1 Å². The maximum absolute atomic E-state index is 10.4. The molecule has 0 saturated heterocycles. The number of hydrogen-bond acceptors (Lipinski definition) is 5. The molecule has 0 aromatic carbocycles. The molecular formula is C7H9O6PS. The van der Waals surface area contributed by atoms with E-state index in [2.05, 4.69) is 4.52 Å². The summed E-state index contributed by atoms with van der Waals surface area (Å²) >= 11 is 1.44. The Balaban J connectivity index is 1.90. The van der Waals surface area contributed by atoms with Crippen molar-refractivity contribution < 1.29 is 28.3 Å². The van der Waals surface area contributed by atoms with Crippen LogP contribution in [0.3, 0.4) is 0 Å². The van der Waals surface area contributed by atoms with Crippen LogP contribution >= 0.6 is 19.2 Å². The number of fused-ring (bicyclic) bond motifs is 1. The highest BCUT2D eigenvalue weighted by Gasteiger charge is 2.25. The van der Waals surface area contributed by atoms with Crippen molar-refractivity contribution in [2.75, 3.05) is 13.2 Å². The zero-order valence-electron chi connectivity index (χ0n) is 7.53. The first kappa shape index (κ1) is 10.9. The summed E-state index contributed by atoms with van der Waals surface area (Å²) in [7, 11) is -4.44. The fourth-order valence-corrected chi connectivity index (χ4v) is 2.16. The molecule has 0 fully saturated rings. The summed E-state index contributed by atoms with van der Waals surface area (Å²) in [4.78, 5) is 17.0. The molecule has 0 spiro atoms. The van der Waals surface area contributed by atoms with Crippen molar-refractivity contribution >= 4 is 19.2 Å². The molecule has 0 amide bonds. The summed E-state index contributed by atoms with van der Waals surface area (Å²) in [5.41, 5.74) is 0. The zero-order chi connectivity index (χ0) is 10.9. The molecule has 1 aliphatic heterocycles. The minimum Gasteiger partial charge on any atom is -0.485 e. The average molecular weight is 252 g/mol. The van der Waals surface area contributed by atoms with Crippen molar-refractivity contribution in [3.8, 4) is 11.5 Å². The van der Waals surface area contributed by atoms with E-state index in [0.29, 0.717) is 11.5 Å². The molecule has 2 heterocycles. The van der Waals surface area contributed by atoms with Crippen LogP contribution in [0.1, 0.15) is 0 Å². The second-order valence-corrected chi connectivity index (χ2v) is 4.92. The minimum atomic E-state index is -4.44. The van der Waals surface area contributed by atoms with Crippen LogP contribution in [0.25, 0.3) is 0 Å². The smallest absolute Gasteiger partial charge is 0.469 e. The summed E-state index contributed by atoms with van der Waals surface area (Å²) < 4.78 is 25.5. The Morgan fingerprint density at radius 2 is 2.27 bits per heavy atom. The van der Waals surface area contributed by atoms with Gasteiger partial charge in [-0.3, -0.25) is 4.52 Å². The Hall–Kier alpha value is -0.590. The van der Waals surface area contributed by atoms with Crippen LogP contribution in [0.2, 0.25) is 0 Å². The fourth-order valence-electron chi connectivity index (χ4n) is 1.12. The molecule has 1 aromatic heterocycles. The molecule has 1 atom stereocenters. The van der Waals surface area contributed by atoms with Gasteiger partial charge < -0.3 is 19.3 Å². The zero-order valence-corrected chi connectivity index (χ0v) is 9.24. The molecule has 1 unspecified atom stereocenters. The van der Waals surface area contributed by atoms with Crippen LogP contribution in [-0.2, 0) is 9.09 Å². The van der Waals surface area contributed by atoms with Crippen LogP contribution < -0.4 is 9.47 Å². The SMILES string of the molecule is O=P(O)(O)OCC1COc2cscc2O1. The van der Waals surface area contributed by atoms with E-state index in [4.69, 9.17) is 19.3 Å². The van der Waals surface area contributed by atoms with Crippen LogP contribution in [0.15, 0.2) is 10.8 Å². The maximum Gasteiger partial charge on any atom is 0.469 e. The standard InChI is InChI=1S/C7H9O6PS/c8-14(9,10)12-2-5-1-11-6-3-15-4-7(6)13-5/h3-5H,1-2H2,(H2,8,9,10). The van der Waals surface area contributed by atoms with Gasteiger partial charge in [0.2, 0.25) is 0 Å². The van der Waals surface area contributed by atoms with Gasteiger partial charge in [0, 0.05) is 10.8 Å². The normalized spacial score (nSPS) is 20.3. The van der Waals surface area contributed by atoms with E-state index in [0.717, 1.165) is 0 Å². The molecule has 0 aliphatic carbocycles. The van der Waals surface area contributed by atoms with Crippen molar-refractivity contribution in [1.29, 1.82) is 0 Å². The Morgan fingerprint density at radius 1 is 1.53 bits per heavy atom. The number of ether oxygens (including phenoxy) is 2. The third-order valence-electron chi connectivity index (χ3n) is 1.74. The molecule has 15 heavy (non-hydrogen) atoms. The molecule has 84 valence electrons. The van der Waals surface area contributed by atoms with E-state index < -0.39 is 13.9 Å². The molecule has 6 nitrogen and oxygen atoms in total. The van der Waals surface area contributed by atoms with Gasteiger partial charge >= 0.3 is 7.82 Å². The quantitative estimate of drug-likeness (QED) is 0.780. The summed E-state index contributed by atoms with van der Waals surface area (Å²) in [6.07, 6.45) is -0.486. The van der Waals surface area contributed by atoms with Gasteiger partial charge in [-0.15, -0.1) is 11.3 Å². The second kappa shape index (κ2) is 4.11. The summed E-state index contributed by atoms with van der Waals surface area (Å²) in [5, 5.41) is 3.56. The average Bonchev–Trinajstić information content (AvgIpc) is 2.60. The molecule has 0 saturated carbocycles. The number of phosphoric ester groups is 1. The van der Waals surface area contributed by atoms with Gasteiger partial charge in [-0.2, -0.15) is 0 Å². The Morgan fingerprint density at radius 3 is 3.00 bits per heavy atom. The van der Waals surface area contributed by atoms with E-state index in [1.165, 1.54) is 11.3 Å². The van der Waals surface area contributed by atoms with Gasteiger partial charge in [-0.25, -0.2) is 4.57 Å². The van der Waals surface area contributed by atoms with Crippen molar-refractivity contribution in [3.05, 3.63) is 10.8 Å². The lowest BCUT2D eigenvalue weighted by Crippen LogP contribution is -2.32. The largest absolute Gasteiger partial charge is 0.485 e. The first-order chi connectivity index (χ1) is 7.04. The maximum atomic E-state index is 10.4. The molecule has 8 heteroatoms. The first-order valence-corrected chi connectivity index (χ1v) is 6.57. The third-order valence-corrected chi connectivity index (χ3v) is 2.93. The van der Waals surface area contributed by atoms with Crippen molar-refractivity contribution in [3.63, 3.8) is 0 Å². The minimum absolute atomic E-state index is 0.195. The highest BCUT2D eigenvalue weighted by atomic mass is 32.1. The number of hydrogen-bond donors (Lipinski definition) is 2. The molecule has 2 rings (SSSR count). The van der Waals surface area contributed by atoms with Crippen LogP contribution in [0.5, 0.6) is 11.5 Å². The van der Waals surface area contributed by atoms with Crippen molar-refractivity contribution in [2.45, 2.75) is 6.10 Å². The van der Waals surface area contributed by atoms with Gasteiger partial charge in [0.25, 0.3) is 0 Å². The molecule has 1 aliphatic rings. The molecule has 2 N–H and O–H groups in total. The van der Waals surface area contributed by atoms with E-state index in [1.54, 1.807) is 10.8 Å². The summed E-state index contributed by atoms with van der Waals surface area (Å²) in [5.74, 6) is 1.25. The second-order valence-electron chi connectivity index (χ2n) is 2.94. The Kier molecular flexibility index (Phi) is 2.99. The third kappa shape index (κ3) is 2.93. The van der Waals surface area contributed by atoms with Gasteiger partial charge in [0.15, 0.2) is 17.6 Å². The van der Waals surface area contributed by atoms with E-state index in [1.807, 2.05) is 0 Å². The molecule has 0 radical (unpaired) electrons. The number of rotatable bonds is 3.